The molecule has 2 nitrogen and oxygen atoms in total. The zero-order chi connectivity index (χ0) is 13.8. The number of hydrogen-bond donors (Lipinski definition) is 1. The molecule has 0 aliphatic carbocycles. The van der Waals surface area contributed by atoms with Gasteiger partial charge in [-0.05, 0) is 41.8 Å². The van der Waals surface area contributed by atoms with E-state index in [9.17, 15) is 9.90 Å². The summed E-state index contributed by atoms with van der Waals surface area (Å²) in [5.74, 6) is -0.925. The summed E-state index contributed by atoms with van der Waals surface area (Å²) in [7, 11) is 0. The fourth-order valence-corrected chi connectivity index (χ4v) is 2.07. The first kappa shape index (κ1) is 13.6. The number of halogens is 1. The van der Waals surface area contributed by atoms with Gasteiger partial charge in [0.1, 0.15) is 0 Å². The normalized spacial score (nSPS) is 11.4. The topological polar surface area (TPSA) is 37.3 Å². The van der Waals surface area contributed by atoms with Crippen LogP contribution in [0.25, 0.3) is 11.6 Å². The molecule has 0 fully saturated rings. The molecule has 3 heteroatoms. The number of carboxylic acids is 1. The zero-order valence-electron chi connectivity index (χ0n) is 10.4. The van der Waals surface area contributed by atoms with Crippen LogP contribution in [0.3, 0.4) is 0 Å². The van der Waals surface area contributed by atoms with E-state index in [2.05, 4.69) is 15.9 Å². The lowest BCUT2D eigenvalue weighted by molar-refractivity contribution is -0.130. The van der Waals surface area contributed by atoms with Gasteiger partial charge in [0.05, 0.1) is 5.57 Å². The molecule has 19 heavy (non-hydrogen) atoms. The molecule has 0 radical (unpaired) electrons. The molecule has 0 aliphatic heterocycles. The number of rotatable bonds is 3. The van der Waals surface area contributed by atoms with Crippen LogP contribution in [0.4, 0.5) is 0 Å². The summed E-state index contributed by atoms with van der Waals surface area (Å²) >= 11 is 3.34. The molecule has 0 saturated heterocycles. The van der Waals surface area contributed by atoms with Gasteiger partial charge in [0, 0.05) is 4.47 Å². The molecule has 0 spiro atoms. The number of aryl methyl sites for hydroxylation is 1. The predicted octanol–water partition coefficient (Wildman–Crippen LogP) is 4.38. The fraction of sp³-hybridized carbons (Fsp3) is 0.0625. The second-order valence-corrected chi connectivity index (χ2v) is 5.14. The molecule has 0 heterocycles. The van der Waals surface area contributed by atoms with Crippen LogP contribution in [-0.2, 0) is 4.79 Å². The van der Waals surface area contributed by atoms with E-state index in [0.29, 0.717) is 11.1 Å². The van der Waals surface area contributed by atoms with E-state index < -0.39 is 5.97 Å². The van der Waals surface area contributed by atoms with E-state index >= 15 is 0 Å². The number of benzene rings is 2. The molecule has 2 aromatic carbocycles. The standard InChI is InChI=1S/C16H13BrO2/c1-11-4-2-3-5-13(11)10-15(16(18)19)12-6-8-14(17)9-7-12/h2-10H,1H3,(H,18,19)/b15-10+. The summed E-state index contributed by atoms with van der Waals surface area (Å²) in [5, 5.41) is 9.37. The Labute approximate surface area is 120 Å². The number of carboxylic acid groups (broad SMARTS) is 1. The van der Waals surface area contributed by atoms with Crippen LogP contribution in [-0.4, -0.2) is 11.1 Å². The molecule has 1 N–H and O–H groups in total. The first-order valence-electron chi connectivity index (χ1n) is 5.84. The van der Waals surface area contributed by atoms with Crippen LogP contribution < -0.4 is 0 Å². The van der Waals surface area contributed by atoms with Crippen LogP contribution >= 0.6 is 15.9 Å². The summed E-state index contributed by atoms with van der Waals surface area (Å²) in [6.45, 7) is 1.97. The van der Waals surface area contributed by atoms with Gasteiger partial charge in [0.2, 0.25) is 0 Å². The van der Waals surface area contributed by atoms with Crippen LogP contribution in [0, 0.1) is 6.92 Å². The maximum absolute atomic E-state index is 11.4. The number of hydrogen-bond acceptors (Lipinski definition) is 1. The van der Waals surface area contributed by atoms with Gasteiger partial charge in [0.15, 0.2) is 0 Å². The van der Waals surface area contributed by atoms with Crippen LogP contribution in [0.15, 0.2) is 53.0 Å². The summed E-state index contributed by atoms with van der Waals surface area (Å²) in [6, 6.07) is 15.0. The van der Waals surface area contributed by atoms with Gasteiger partial charge in [0.25, 0.3) is 0 Å². The number of carbonyl (C=O) groups is 1. The first-order chi connectivity index (χ1) is 9.08. The zero-order valence-corrected chi connectivity index (χ0v) is 12.0. The average molecular weight is 317 g/mol. The van der Waals surface area contributed by atoms with E-state index in [-0.39, 0.29) is 0 Å². The highest BCUT2D eigenvalue weighted by atomic mass is 79.9. The van der Waals surface area contributed by atoms with Crippen molar-refractivity contribution in [3.8, 4) is 0 Å². The van der Waals surface area contributed by atoms with Crippen molar-refractivity contribution >= 4 is 33.5 Å². The van der Waals surface area contributed by atoms with Crippen LogP contribution in [0.5, 0.6) is 0 Å². The minimum absolute atomic E-state index is 0.293. The van der Waals surface area contributed by atoms with Gasteiger partial charge in [-0.1, -0.05) is 52.3 Å². The molecular weight excluding hydrogens is 304 g/mol. The van der Waals surface area contributed by atoms with Gasteiger partial charge in [-0.15, -0.1) is 0 Å². The van der Waals surface area contributed by atoms with Crippen molar-refractivity contribution in [3.63, 3.8) is 0 Å². The van der Waals surface area contributed by atoms with Gasteiger partial charge in [-0.25, -0.2) is 4.79 Å². The lowest BCUT2D eigenvalue weighted by Crippen LogP contribution is -1.99. The van der Waals surface area contributed by atoms with Crippen LogP contribution in [0.1, 0.15) is 16.7 Å². The molecule has 2 rings (SSSR count). The highest BCUT2D eigenvalue weighted by Gasteiger charge is 2.10. The SMILES string of the molecule is Cc1ccccc1/C=C(/C(=O)O)c1ccc(Br)cc1. The molecule has 0 aromatic heterocycles. The summed E-state index contributed by atoms with van der Waals surface area (Å²) < 4.78 is 0.928. The van der Waals surface area contributed by atoms with Crippen molar-refractivity contribution < 1.29 is 9.90 Å². The molecule has 0 unspecified atom stereocenters. The minimum Gasteiger partial charge on any atom is -0.478 e. The fourth-order valence-electron chi connectivity index (χ4n) is 1.80. The van der Waals surface area contributed by atoms with E-state index in [1.807, 2.05) is 43.3 Å². The van der Waals surface area contributed by atoms with Crippen molar-refractivity contribution in [2.45, 2.75) is 6.92 Å². The van der Waals surface area contributed by atoms with E-state index in [4.69, 9.17) is 0 Å². The minimum atomic E-state index is -0.925. The maximum Gasteiger partial charge on any atom is 0.336 e. The Hall–Kier alpha value is -1.87. The Bertz CT molecular complexity index is 627. The molecular formula is C16H13BrO2. The second-order valence-electron chi connectivity index (χ2n) is 4.23. The molecule has 96 valence electrons. The van der Waals surface area contributed by atoms with Gasteiger partial charge < -0.3 is 5.11 Å². The van der Waals surface area contributed by atoms with Crippen molar-refractivity contribution in [3.05, 3.63) is 69.7 Å². The Kier molecular flexibility index (Phi) is 4.17. The lowest BCUT2D eigenvalue weighted by atomic mass is 10.0. The molecule has 2 aromatic rings. The Morgan fingerprint density at radius 1 is 1.11 bits per heavy atom. The third-order valence-corrected chi connectivity index (χ3v) is 3.40. The molecule has 0 bridgehead atoms. The third-order valence-electron chi connectivity index (χ3n) is 2.87. The van der Waals surface area contributed by atoms with Crippen molar-refractivity contribution in [1.82, 2.24) is 0 Å². The number of aliphatic carboxylic acids is 1. The molecule has 0 aliphatic rings. The Morgan fingerprint density at radius 2 is 1.74 bits per heavy atom. The summed E-state index contributed by atoms with van der Waals surface area (Å²) in [5.41, 5.74) is 2.96. The highest BCUT2D eigenvalue weighted by molar-refractivity contribution is 9.10. The maximum atomic E-state index is 11.4. The van der Waals surface area contributed by atoms with E-state index in [1.54, 1.807) is 18.2 Å². The Balaban J connectivity index is 2.50. The van der Waals surface area contributed by atoms with Gasteiger partial charge in [-0.2, -0.15) is 0 Å². The Morgan fingerprint density at radius 3 is 2.32 bits per heavy atom. The lowest BCUT2D eigenvalue weighted by Gasteiger charge is -2.05. The van der Waals surface area contributed by atoms with Crippen molar-refractivity contribution in [1.29, 1.82) is 0 Å². The molecule has 0 atom stereocenters. The van der Waals surface area contributed by atoms with Crippen molar-refractivity contribution in [2.24, 2.45) is 0 Å². The van der Waals surface area contributed by atoms with Crippen LogP contribution in [0.2, 0.25) is 0 Å². The predicted molar refractivity (Wildman–Crippen MR) is 80.8 cm³/mol. The summed E-state index contributed by atoms with van der Waals surface area (Å²) in [6.07, 6.45) is 1.71. The molecule has 0 saturated carbocycles. The van der Waals surface area contributed by atoms with Gasteiger partial charge in [-0.3, -0.25) is 0 Å². The highest BCUT2D eigenvalue weighted by Crippen LogP contribution is 2.22. The monoisotopic (exact) mass is 316 g/mol. The summed E-state index contributed by atoms with van der Waals surface area (Å²) in [4.78, 5) is 11.4. The smallest absolute Gasteiger partial charge is 0.336 e. The average Bonchev–Trinajstić information content (AvgIpc) is 2.39. The van der Waals surface area contributed by atoms with Gasteiger partial charge >= 0.3 is 5.97 Å². The quantitative estimate of drug-likeness (QED) is 0.674. The van der Waals surface area contributed by atoms with Crippen molar-refractivity contribution in [2.75, 3.05) is 0 Å². The first-order valence-corrected chi connectivity index (χ1v) is 6.64. The second kappa shape index (κ2) is 5.85. The largest absolute Gasteiger partial charge is 0.478 e. The molecule has 0 amide bonds. The van der Waals surface area contributed by atoms with E-state index in [0.717, 1.165) is 15.6 Å². The third kappa shape index (κ3) is 3.32. The van der Waals surface area contributed by atoms with E-state index in [1.165, 1.54) is 0 Å².